The van der Waals surface area contributed by atoms with Crippen molar-refractivity contribution in [2.24, 2.45) is 5.41 Å². The van der Waals surface area contributed by atoms with Crippen LogP contribution in [0.25, 0.3) is 0 Å². The molecule has 136 valence electrons. The Morgan fingerprint density at radius 1 is 1.40 bits per heavy atom. The maximum absolute atomic E-state index is 12.6. The van der Waals surface area contributed by atoms with Crippen molar-refractivity contribution >= 4 is 29.3 Å². The Morgan fingerprint density at radius 3 is 2.88 bits per heavy atom. The summed E-state index contributed by atoms with van der Waals surface area (Å²) in [5, 5.41) is 9.16. The summed E-state index contributed by atoms with van der Waals surface area (Å²) >= 11 is 1.52. The molecule has 0 radical (unpaired) electrons. The van der Waals surface area contributed by atoms with Gasteiger partial charge in [-0.05, 0) is 51.1 Å². The summed E-state index contributed by atoms with van der Waals surface area (Å²) in [5.74, 6) is -0.140. The fourth-order valence-electron chi connectivity index (χ4n) is 3.36. The minimum atomic E-state index is -0.116. The summed E-state index contributed by atoms with van der Waals surface area (Å²) < 4.78 is 5.39. The second kappa shape index (κ2) is 7.76. The van der Waals surface area contributed by atoms with Crippen LogP contribution in [0.5, 0.6) is 0 Å². The molecular weight excluding hydrogens is 338 g/mol. The van der Waals surface area contributed by atoms with Crippen LogP contribution in [0.1, 0.15) is 30.1 Å². The average molecular weight is 363 g/mol. The third-order valence-electron chi connectivity index (χ3n) is 4.91. The van der Waals surface area contributed by atoms with Gasteiger partial charge >= 0.3 is 0 Å². The van der Waals surface area contributed by atoms with Crippen molar-refractivity contribution in [2.75, 3.05) is 38.7 Å². The SMILES string of the molecule is COCC1(CNC(=O)c2ccc3c(c2)NC(=O)C(C)S3)CCNCC1. The van der Waals surface area contributed by atoms with Crippen molar-refractivity contribution in [3.63, 3.8) is 0 Å². The lowest BCUT2D eigenvalue weighted by molar-refractivity contribution is -0.115. The van der Waals surface area contributed by atoms with Crippen LogP contribution in [-0.4, -0.2) is 50.4 Å². The van der Waals surface area contributed by atoms with E-state index in [9.17, 15) is 9.59 Å². The Kier molecular flexibility index (Phi) is 5.66. The van der Waals surface area contributed by atoms with Crippen molar-refractivity contribution in [1.29, 1.82) is 0 Å². The third kappa shape index (κ3) is 4.16. The number of hydrogen-bond acceptors (Lipinski definition) is 5. The highest BCUT2D eigenvalue weighted by atomic mass is 32.2. The molecule has 1 unspecified atom stereocenters. The van der Waals surface area contributed by atoms with Gasteiger partial charge in [-0.25, -0.2) is 0 Å². The minimum Gasteiger partial charge on any atom is -0.384 e. The summed E-state index contributed by atoms with van der Waals surface area (Å²) in [4.78, 5) is 25.4. The van der Waals surface area contributed by atoms with Gasteiger partial charge in [0.15, 0.2) is 0 Å². The summed E-state index contributed by atoms with van der Waals surface area (Å²) in [7, 11) is 1.70. The number of carbonyl (C=O) groups is 2. The van der Waals surface area contributed by atoms with E-state index in [1.165, 1.54) is 11.8 Å². The molecule has 2 amide bonds. The number of thioether (sulfide) groups is 1. The van der Waals surface area contributed by atoms with Crippen molar-refractivity contribution in [1.82, 2.24) is 10.6 Å². The second-order valence-corrected chi connectivity index (χ2v) is 8.21. The largest absolute Gasteiger partial charge is 0.384 e. The van der Waals surface area contributed by atoms with Gasteiger partial charge in [-0.15, -0.1) is 11.8 Å². The molecule has 2 heterocycles. The molecule has 0 bridgehead atoms. The molecule has 3 rings (SSSR count). The zero-order valence-electron chi connectivity index (χ0n) is 14.7. The number of carbonyl (C=O) groups excluding carboxylic acids is 2. The summed E-state index contributed by atoms with van der Waals surface area (Å²) in [6, 6.07) is 5.48. The number of methoxy groups -OCH3 is 1. The van der Waals surface area contributed by atoms with Gasteiger partial charge in [0.05, 0.1) is 17.5 Å². The van der Waals surface area contributed by atoms with E-state index in [0.717, 1.165) is 30.8 Å². The number of piperidine rings is 1. The van der Waals surface area contributed by atoms with E-state index < -0.39 is 0 Å². The molecule has 0 spiro atoms. The lowest BCUT2D eigenvalue weighted by atomic mass is 9.79. The molecule has 2 aliphatic rings. The zero-order chi connectivity index (χ0) is 17.9. The molecule has 1 saturated heterocycles. The fraction of sp³-hybridized carbons (Fsp3) is 0.556. The molecule has 1 fully saturated rings. The first-order chi connectivity index (χ1) is 12.0. The van der Waals surface area contributed by atoms with Crippen LogP contribution < -0.4 is 16.0 Å². The first kappa shape index (κ1) is 18.2. The van der Waals surface area contributed by atoms with Gasteiger partial charge in [-0.2, -0.15) is 0 Å². The molecule has 6 nitrogen and oxygen atoms in total. The van der Waals surface area contributed by atoms with Gasteiger partial charge in [0.1, 0.15) is 0 Å². The average Bonchev–Trinajstić information content (AvgIpc) is 2.61. The molecule has 25 heavy (non-hydrogen) atoms. The number of hydrogen-bond donors (Lipinski definition) is 3. The normalized spacial score (nSPS) is 22.0. The number of rotatable bonds is 5. The zero-order valence-corrected chi connectivity index (χ0v) is 15.5. The Bertz CT molecular complexity index is 653. The van der Waals surface area contributed by atoms with E-state index in [1.807, 2.05) is 19.1 Å². The number of amides is 2. The van der Waals surface area contributed by atoms with Crippen LogP contribution >= 0.6 is 11.8 Å². The highest BCUT2D eigenvalue weighted by molar-refractivity contribution is 8.00. The molecule has 1 atom stereocenters. The Morgan fingerprint density at radius 2 is 2.16 bits per heavy atom. The van der Waals surface area contributed by atoms with E-state index >= 15 is 0 Å². The number of benzene rings is 1. The minimum absolute atomic E-state index is 0.0105. The topological polar surface area (TPSA) is 79.5 Å². The number of anilines is 1. The van der Waals surface area contributed by atoms with Crippen molar-refractivity contribution in [2.45, 2.75) is 29.9 Å². The first-order valence-corrected chi connectivity index (χ1v) is 9.50. The third-order valence-corrected chi connectivity index (χ3v) is 6.09. The van der Waals surface area contributed by atoms with Gasteiger partial charge in [0.25, 0.3) is 5.91 Å². The van der Waals surface area contributed by atoms with Crippen LogP contribution in [-0.2, 0) is 9.53 Å². The molecule has 0 saturated carbocycles. The summed E-state index contributed by atoms with van der Waals surface area (Å²) in [5.41, 5.74) is 1.27. The highest BCUT2D eigenvalue weighted by Crippen LogP contribution is 2.36. The van der Waals surface area contributed by atoms with Crippen LogP contribution in [0.2, 0.25) is 0 Å². The Labute approximate surface area is 152 Å². The first-order valence-electron chi connectivity index (χ1n) is 8.62. The lowest BCUT2D eigenvalue weighted by Crippen LogP contribution is -2.47. The number of ether oxygens (including phenoxy) is 1. The van der Waals surface area contributed by atoms with E-state index in [1.54, 1.807) is 13.2 Å². The van der Waals surface area contributed by atoms with E-state index in [-0.39, 0.29) is 22.5 Å². The molecule has 0 aliphatic carbocycles. The quantitative estimate of drug-likeness (QED) is 0.744. The standard InChI is InChI=1S/C18H25N3O3S/c1-12-16(22)21-14-9-13(3-4-15(14)25-12)17(23)20-10-18(11-24-2)5-7-19-8-6-18/h3-4,9,12,19H,5-8,10-11H2,1-2H3,(H,20,23)(H,21,22). The van der Waals surface area contributed by atoms with Crippen LogP contribution in [0.4, 0.5) is 5.69 Å². The molecule has 3 N–H and O–H groups in total. The van der Waals surface area contributed by atoms with E-state index in [0.29, 0.717) is 24.4 Å². The maximum Gasteiger partial charge on any atom is 0.251 e. The predicted octanol–water partition coefficient (Wildman–Crippen LogP) is 1.87. The van der Waals surface area contributed by atoms with Crippen LogP contribution in [0.3, 0.4) is 0 Å². The fourth-order valence-corrected chi connectivity index (χ4v) is 4.29. The maximum atomic E-state index is 12.6. The molecule has 1 aromatic rings. The molecular formula is C18H25N3O3S. The molecule has 2 aliphatic heterocycles. The second-order valence-electron chi connectivity index (χ2n) is 6.83. The number of nitrogens with one attached hydrogen (secondary N) is 3. The van der Waals surface area contributed by atoms with Crippen LogP contribution in [0.15, 0.2) is 23.1 Å². The van der Waals surface area contributed by atoms with E-state index in [4.69, 9.17) is 4.74 Å². The van der Waals surface area contributed by atoms with E-state index in [2.05, 4.69) is 16.0 Å². The van der Waals surface area contributed by atoms with Crippen molar-refractivity contribution in [3.05, 3.63) is 23.8 Å². The highest BCUT2D eigenvalue weighted by Gasteiger charge is 2.32. The van der Waals surface area contributed by atoms with Crippen molar-refractivity contribution < 1.29 is 14.3 Å². The Balaban J connectivity index is 1.67. The van der Waals surface area contributed by atoms with Gasteiger partial charge in [0.2, 0.25) is 5.91 Å². The predicted molar refractivity (Wildman–Crippen MR) is 99.1 cm³/mol. The van der Waals surface area contributed by atoms with Gasteiger partial charge < -0.3 is 20.7 Å². The van der Waals surface area contributed by atoms with Crippen LogP contribution in [0, 0.1) is 5.41 Å². The molecule has 0 aromatic heterocycles. The van der Waals surface area contributed by atoms with Crippen molar-refractivity contribution in [3.8, 4) is 0 Å². The summed E-state index contributed by atoms with van der Waals surface area (Å²) in [6.07, 6.45) is 1.96. The summed E-state index contributed by atoms with van der Waals surface area (Å²) in [6.45, 7) is 5.00. The van der Waals surface area contributed by atoms with Gasteiger partial charge in [-0.1, -0.05) is 0 Å². The van der Waals surface area contributed by atoms with Gasteiger partial charge in [-0.3, -0.25) is 9.59 Å². The molecule has 1 aromatic carbocycles. The number of fused-ring (bicyclic) bond motifs is 1. The lowest BCUT2D eigenvalue weighted by Gasteiger charge is -2.37. The van der Waals surface area contributed by atoms with Gasteiger partial charge in [0, 0.05) is 29.5 Å². The smallest absolute Gasteiger partial charge is 0.251 e. The molecule has 7 heteroatoms. The monoisotopic (exact) mass is 363 g/mol. The Hall–Kier alpha value is -1.57.